The van der Waals surface area contributed by atoms with Crippen LogP contribution in [0.3, 0.4) is 0 Å². The highest BCUT2D eigenvalue weighted by atomic mass is 35.5. The minimum absolute atomic E-state index is 0.0461. The Hall–Kier alpha value is -2.34. The second kappa shape index (κ2) is 9.08. The SMILES string of the molecule is O=C(CNc1ccc(OC(F)F)c(Cl)c1)NCCc1ccccc1. The number of carbonyl (C=O) groups excluding carboxylic acids is 1. The molecule has 0 heterocycles. The zero-order valence-corrected chi connectivity index (χ0v) is 13.5. The average Bonchev–Trinajstić information content (AvgIpc) is 2.56. The van der Waals surface area contributed by atoms with Gasteiger partial charge in [-0.25, -0.2) is 0 Å². The fraction of sp³-hybridized carbons (Fsp3) is 0.235. The predicted octanol–water partition coefficient (Wildman–Crippen LogP) is 3.71. The van der Waals surface area contributed by atoms with E-state index >= 15 is 0 Å². The molecule has 0 bridgehead atoms. The van der Waals surface area contributed by atoms with Crippen LogP contribution in [0.25, 0.3) is 0 Å². The third-order valence-corrected chi connectivity index (χ3v) is 3.48. The Balaban J connectivity index is 1.74. The standard InChI is InChI=1S/C17H17ClF2N2O2/c18-14-10-13(6-7-15(14)24-17(19)20)22-11-16(23)21-9-8-12-4-2-1-3-5-12/h1-7,10,17,22H,8-9,11H2,(H,21,23). The van der Waals surface area contributed by atoms with Gasteiger partial charge in [0.2, 0.25) is 5.91 Å². The molecule has 0 aromatic heterocycles. The fourth-order valence-corrected chi connectivity index (χ4v) is 2.26. The Morgan fingerprint density at radius 3 is 2.58 bits per heavy atom. The summed E-state index contributed by atoms with van der Waals surface area (Å²) in [6, 6.07) is 14.1. The number of anilines is 1. The number of carbonyl (C=O) groups is 1. The van der Waals surface area contributed by atoms with Gasteiger partial charge in [-0.15, -0.1) is 0 Å². The summed E-state index contributed by atoms with van der Waals surface area (Å²) in [7, 11) is 0. The molecule has 7 heteroatoms. The van der Waals surface area contributed by atoms with Crippen molar-refractivity contribution in [3.8, 4) is 5.75 Å². The van der Waals surface area contributed by atoms with Crippen LogP contribution in [-0.2, 0) is 11.2 Å². The second-order valence-electron chi connectivity index (χ2n) is 4.96. The van der Waals surface area contributed by atoms with Crippen LogP contribution in [-0.4, -0.2) is 25.6 Å². The van der Waals surface area contributed by atoms with Crippen LogP contribution in [0.2, 0.25) is 5.02 Å². The fourth-order valence-electron chi connectivity index (χ4n) is 2.04. The van der Waals surface area contributed by atoms with Gasteiger partial charge in [-0.2, -0.15) is 8.78 Å². The number of benzene rings is 2. The Labute approximate surface area is 143 Å². The minimum Gasteiger partial charge on any atom is -0.433 e. The Morgan fingerprint density at radius 1 is 1.17 bits per heavy atom. The molecular formula is C17H17ClF2N2O2. The number of hydrogen-bond acceptors (Lipinski definition) is 3. The van der Waals surface area contributed by atoms with Crippen molar-refractivity contribution in [2.24, 2.45) is 0 Å². The lowest BCUT2D eigenvalue weighted by Crippen LogP contribution is -2.31. The van der Waals surface area contributed by atoms with Crippen LogP contribution in [0.15, 0.2) is 48.5 Å². The van der Waals surface area contributed by atoms with Gasteiger partial charge in [-0.1, -0.05) is 41.9 Å². The van der Waals surface area contributed by atoms with E-state index < -0.39 is 6.61 Å². The summed E-state index contributed by atoms with van der Waals surface area (Å²) in [6.45, 7) is -2.34. The minimum atomic E-state index is -2.93. The molecule has 128 valence electrons. The first kappa shape index (κ1) is 18.0. The molecule has 2 aromatic rings. The first-order valence-electron chi connectivity index (χ1n) is 7.33. The van der Waals surface area contributed by atoms with Crippen molar-refractivity contribution in [1.82, 2.24) is 5.32 Å². The van der Waals surface area contributed by atoms with E-state index in [0.29, 0.717) is 12.2 Å². The molecule has 24 heavy (non-hydrogen) atoms. The van der Waals surface area contributed by atoms with Crippen LogP contribution in [0, 0.1) is 0 Å². The van der Waals surface area contributed by atoms with Crippen molar-refractivity contribution in [3.63, 3.8) is 0 Å². The quantitative estimate of drug-likeness (QED) is 0.759. The molecule has 0 aliphatic carbocycles. The molecule has 4 nitrogen and oxygen atoms in total. The first-order valence-corrected chi connectivity index (χ1v) is 7.71. The van der Waals surface area contributed by atoms with E-state index in [0.717, 1.165) is 12.0 Å². The number of rotatable bonds is 8. The molecule has 0 saturated carbocycles. The van der Waals surface area contributed by atoms with Crippen molar-refractivity contribution in [2.75, 3.05) is 18.4 Å². The molecule has 0 spiro atoms. The van der Waals surface area contributed by atoms with Gasteiger partial charge in [-0.3, -0.25) is 4.79 Å². The lowest BCUT2D eigenvalue weighted by Gasteiger charge is -2.10. The molecule has 0 aliphatic rings. The topological polar surface area (TPSA) is 50.4 Å². The van der Waals surface area contributed by atoms with Crippen LogP contribution in [0.4, 0.5) is 14.5 Å². The van der Waals surface area contributed by atoms with E-state index in [1.165, 1.54) is 18.2 Å². The molecule has 0 saturated heterocycles. The summed E-state index contributed by atoms with van der Waals surface area (Å²) in [6.07, 6.45) is 0.748. The van der Waals surface area contributed by atoms with Crippen molar-refractivity contribution < 1.29 is 18.3 Å². The molecule has 2 N–H and O–H groups in total. The van der Waals surface area contributed by atoms with Gasteiger partial charge in [0.25, 0.3) is 0 Å². The highest BCUT2D eigenvalue weighted by Gasteiger charge is 2.09. The number of alkyl halides is 2. The number of hydrogen-bond donors (Lipinski definition) is 2. The van der Waals surface area contributed by atoms with Gasteiger partial charge in [0, 0.05) is 12.2 Å². The van der Waals surface area contributed by atoms with E-state index in [1.54, 1.807) is 0 Å². The summed E-state index contributed by atoms with van der Waals surface area (Å²) in [5.41, 5.74) is 1.69. The third kappa shape index (κ3) is 6.04. The smallest absolute Gasteiger partial charge is 0.387 e. The maximum Gasteiger partial charge on any atom is 0.387 e. The third-order valence-electron chi connectivity index (χ3n) is 3.18. The van der Waals surface area contributed by atoms with Crippen LogP contribution in [0.1, 0.15) is 5.56 Å². The Morgan fingerprint density at radius 2 is 1.92 bits per heavy atom. The second-order valence-corrected chi connectivity index (χ2v) is 5.37. The van der Waals surface area contributed by atoms with Gasteiger partial charge in [0.15, 0.2) is 0 Å². The maximum absolute atomic E-state index is 12.1. The van der Waals surface area contributed by atoms with E-state index in [9.17, 15) is 13.6 Å². The van der Waals surface area contributed by atoms with Gasteiger partial charge in [0.1, 0.15) is 5.75 Å². The van der Waals surface area contributed by atoms with Gasteiger partial charge in [-0.05, 0) is 30.2 Å². The zero-order chi connectivity index (χ0) is 17.4. The summed E-state index contributed by atoms with van der Waals surface area (Å²) < 4.78 is 28.5. The van der Waals surface area contributed by atoms with E-state index in [4.69, 9.17) is 11.6 Å². The number of nitrogens with one attached hydrogen (secondary N) is 2. The van der Waals surface area contributed by atoms with Gasteiger partial charge in [0.05, 0.1) is 11.6 Å². The van der Waals surface area contributed by atoms with E-state index in [1.807, 2.05) is 30.3 Å². The van der Waals surface area contributed by atoms with Crippen molar-refractivity contribution >= 4 is 23.2 Å². The molecule has 2 aromatic carbocycles. The molecule has 0 unspecified atom stereocenters. The monoisotopic (exact) mass is 354 g/mol. The number of amides is 1. The summed E-state index contributed by atoms with van der Waals surface area (Å²) >= 11 is 5.84. The summed E-state index contributed by atoms with van der Waals surface area (Å²) in [5, 5.41) is 5.72. The lowest BCUT2D eigenvalue weighted by atomic mass is 10.1. The Kier molecular flexibility index (Phi) is 6.81. The molecule has 0 atom stereocenters. The van der Waals surface area contributed by atoms with Gasteiger partial charge < -0.3 is 15.4 Å². The molecule has 2 rings (SSSR count). The lowest BCUT2D eigenvalue weighted by molar-refractivity contribution is -0.119. The van der Waals surface area contributed by atoms with Crippen LogP contribution in [0.5, 0.6) is 5.75 Å². The van der Waals surface area contributed by atoms with Crippen molar-refractivity contribution in [3.05, 3.63) is 59.1 Å². The molecular weight excluding hydrogens is 338 g/mol. The summed E-state index contributed by atoms with van der Waals surface area (Å²) in [4.78, 5) is 11.8. The van der Waals surface area contributed by atoms with Crippen LogP contribution >= 0.6 is 11.6 Å². The van der Waals surface area contributed by atoms with Crippen LogP contribution < -0.4 is 15.4 Å². The number of ether oxygens (including phenoxy) is 1. The Bertz CT molecular complexity index is 669. The first-order chi connectivity index (χ1) is 11.5. The molecule has 1 amide bonds. The maximum atomic E-state index is 12.1. The van der Waals surface area contributed by atoms with E-state index in [2.05, 4.69) is 15.4 Å². The number of halogens is 3. The zero-order valence-electron chi connectivity index (χ0n) is 12.8. The normalized spacial score (nSPS) is 10.5. The van der Waals surface area contributed by atoms with Gasteiger partial charge >= 0.3 is 6.61 Å². The summed E-state index contributed by atoms with van der Waals surface area (Å²) in [5.74, 6) is -0.278. The highest BCUT2D eigenvalue weighted by Crippen LogP contribution is 2.28. The molecule has 0 fully saturated rings. The van der Waals surface area contributed by atoms with Crippen molar-refractivity contribution in [1.29, 1.82) is 0 Å². The largest absolute Gasteiger partial charge is 0.433 e. The van der Waals surface area contributed by atoms with E-state index in [-0.39, 0.29) is 23.2 Å². The molecule has 0 radical (unpaired) electrons. The predicted molar refractivity (Wildman–Crippen MR) is 89.7 cm³/mol. The molecule has 0 aliphatic heterocycles. The van der Waals surface area contributed by atoms with Crippen molar-refractivity contribution in [2.45, 2.75) is 13.0 Å². The highest BCUT2D eigenvalue weighted by molar-refractivity contribution is 6.32. The average molecular weight is 355 g/mol.